The minimum atomic E-state index is -0.663. The average Bonchev–Trinajstić information content (AvgIpc) is 2.62. The summed E-state index contributed by atoms with van der Waals surface area (Å²) in [5.74, 6) is -0.896. The molecule has 1 heterocycles. The smallest absolute Gasteiger partial charge is 0.259 e. The first-order valence-electron chi connectivity index (χ1n) is 4.96. The zero-order valence-electron chi connectivity index (χ0n) is 8.64. The van der Waals surface area contributed by atoms with Gasteiger partial charge in [-0.25, -0.2) is 4.90 Å². The Morgan fingerprint density at radius 3 is 2.88 bits per heavy atom. The van der Waals surface area contributed by atoms with Crippen LogP contribution in [0.5, 0.6) is 0 Å². The van der Waals surface area contributed by atoms with Crippen molar-refractivity contribution >= 4 is 17.5 Å². The fourth-order valence-corrected chi connectivity index (χ4v) is 1.85. The van der Waals surface area contributed by atoms with E-state index in [-0.39, 0.29) is 12.3 Å². The van der Waals surface area contributed by atoms with Gasteiger partial charge in [0.15, 0.2) is 0 Å². The Balaban J connectivity index is 2.42. The maximum Gasteiger partial charge on any atom is 0.259 e. The fourth-order valence-electron chi connectivity index (χ4n) is 1.85. The van der Waals surface area contributed by atoms with E-state index in [1.807, 2.05) is 6.07 Å². The molecule has 5 nitrogen and oxygen atoms in total. The lowest BCUT2D eigenvalue weighted by atomic mass is 10.1. The van der Waals surface area contributed by atoms with Crippen molar-refractivity contribution in [3.05, 3.63) is 29.3 Å². The summed E-state index contributed by atoms with van der Waals surface area (Å²) in [7, 11) is 0. The van der Waals surface area contributed by atoms with Gasteiger partial charge in [0.25, 0.3) is 5.91 Å². The van der Waals surface area contributed by atoms with Crippen LogP contribution in [0, 0.1) is 0 Å². The van der Waals surface area contributed by atoms with Crippen molar-refractivity contribution in [2.24, 2.45) is 5.73 Å². The van der Waals surface area contributed by atoms with E-state index in [4.69, 9.17) is 10.8 Å². The van der Waals surface area contributed by atoms with E-state index in [0.29, 0.717) is 12.2 Å². The van der Waals surface area contributed by atoms with Crippen molar-refractivity contribution in [3.8, 4) is 0 Å². The van der Waals surface area contributed by atoms with E-state index < -0.39 is 12.5 Å². The second-order valence-corrected chi connectivity index (χ2v) is 3.62. The topological polar surface area (TPSA) is 83.6 Å². The first kappa shape index (κ1) is 10.8. The number of anilines is 1. The van der Waals surface area contributed by atoms with Crippen LogP contribution in [0.25, 0.3) is 0 Å². The summed E-state index contributed by atoms with van der Waals surface area (Å²) in [5.41, 5.74) is 7.76. The van der Waals surface area contributed by atoms with Gasteiger partial charge >= 0.3 is 0 Å². The zero-order valence-corrected chi connectivity index (χ0v) is 8.64. The van der Waals surface area contributed by atoms with Gasteiger partial charge in [0.1, 0.15) is 6.61 Å². The van der Waals surface area contributed by atoms with E-state index >= 15 is 0 Å². The van der Waals surface area contributed by atoms with Crippen molar-refractivity contribution in [2.45, 2.75) is 13.0 Å². The van der Waals surface area contributed by atoms with Crippen LogP contribution in [0.3, 0.4) is 0 Å². The highest BCUT2D eigenvalue weighted by atomic mass is 16.3. The SMILES string of the molecule is NCc1ccc2c(c1)CC(=O)N2C(=O)CO. The highest BCUT2D eigenvalue weighted by molar-refractivity contribution is 6.19. The van der Waals surface area contributed by atoms with Gasteiger partial charge in [-0.1, -0.05) is 12.1 Å². The van der Waals surface area contributed by atoms with Crippen molar-refractivity contribution in [3.63, 3.8) is 0 Å². The molecule has 0 saturated heterocycles. The molecular weight excluding hydrogens is 208 g/mol. The van der Waals surface area contributed by atoms with E-state index in [9.17, 15) is 9.59 Å². The molecule has 1 aromatic carbocycles. The van der Waals surface area contributed by atoms with E-state index in [2.05, 4.69) is 0 Å². The fraction of sp³-hybridized carbons (Fsp3) is 0.273. The van der Waals surface area contributed by atoms with Gasteiger partial charge in [-0.2, -0.15) is 0 Å². The molecule has 0 fully saturated rings. The van der Waals surface area contributed by atoms with Crippen LogP contribution < -0.4 is 10.6 Å². The zero-order chi connectivity index (χ0) is 11.7. The van der Waals surface area contributed by atoms with Crippen LogP contribution in [-0.2, 0) is 22.6 Å². The summed E-state index contributed by atoms with van der Waals surface area (Å²) in [6.07, 6.45) is 0.189. The molecule has 0 aromatic heterocycles. The lowest BCUT2D eigenvalue weighted by Gasteiger charge is -2.13. The molecule has 0 atom stereocenters. The first-order valence-corrected chi connectivity index (χ1v) is 4.96. The van der Waals surface area contributed by atoms with Crippen LogP contribution in [0.15, 0.2) is 18.2 Å². The van der Waals surface area contributed by atoms with Crippen molar-refractivity contribution in [1.82, 2.24) is 0 Å². The molecule has 0 aliphatic carbocycles. The van der Waals surface area contributed by atoms with Crippen LogP contribution in [0.2, 0.25) is 0 Å². The molecule has 3 N–H and O–H groups in total. The number of aliphatic hydroxyl groups excluding tert-OH is 1. The largest absolute Gasteiger partial charge is 0.387 e. The Morgan fingerprint density at radius 2 is 2.25 bits per heavy atom. The van der Waals surface area contributed by atoms with E-state index in [0.717, 1.165) is 16.0 Å². The number of hydrogen-bond acceptors (Lipinski definition) is 4. The quantitative estimate of drug-likeness (QED) is 0.707. The molecule has 5 heteroatoms. The second kappa shape index (κ2) is 4.03. The number of rotatable bonds is 2. The first-order chi connectivity index (χ1) is 7.67. The Bertz CT molecular complexity index is 457. The number of hydrogen-bond donors (Lipinski definition) is 2. The third-order valence-electron chi connectivity index (χ3n) is 2.60. The molecule has 2 rings (SSSR count). The minimum absolute atomic E-state index is 0.189. The van der Waals surface area contributed by atoms with Crippen molar-refractivity contribution in [1.29, 1.82) is 0 Å². The summed E-state index contributed by atoms with van der Waals surface area (Å²) in [4.78, 5) is 24.0. The van der Waals surface area contributed by atoms with Crippen LogP contribution in [0.4, 0.5) is 5.69 Å². The molecule has 0 bridgehead atoms. The summed E-state index contributed by atoms with van der Waals surface area (Å²) in [5, 5.41) is 8.78. The standard InChI is InChI=1S/C11H12N2O3/c12-5-7-1-2-9-8(3-7)4-10(15)13(9)11(16)6-14/h1-3,14H,4-6,12H2. The number of nitrogens with two attached hydrogens (primary N) is 1. The second-order valence-electron chi connectivity index (χ2n) is 3.62. The molecule has 2 amide bonds. The number of carbonyl (C=O) groups excluding carboxylic acids is 2. The predicted molar refractivity (Wildman–Crippen MR) is 57.6 cm³/mol. The highest BCUT2D eigenvalue weighted by Gasteiger charge is 2.31. The Labute approximate surface area is 92.5 Å². The Morgan fingerprint density at radius 1 is 1.50 bits per heavy atom. The summed E-state index contributed by atoms with van der Waals surface area (Å²) < 4.78 is 0. The molecule has 1 aliphatic rings. The molecule has 0 radical (unpaired) electrons. The van der Waals surface area contributed by atoms with Crippen LogP contribution in [-0.4, -0.2) is 23.5 Å². The molecule has 1 aliphatic heterocycles. The van der Waals surface area contributed by atoms with Gasteiger partial charge in [0.2, 0.25) is 5.91 Å². The predicted octanol–water partition coefficient (Wildman–Crippen LogP) is -0.447. The number of imide groups is 1. The lowest BCUT2D eigenvalue weighted by molar-refractivity contribution is -0.127. The van der Waals surface area contributed by atoms with Crippen molar-refractivity contribution in [2.75, 3.05) is 11.5 Å². The van der Waals surface area contributed by atoms with Gasteiger partial charge in [-0.05, 0) is 17.2 Å². The highest BCUT2D eigenvalue weighted by Crippen LogP contribution is 2.29. The summed E-state index contributed by atoms with van der Waals surface area (Å²) in [6, 6.07) is 5.28. The third-order valence-corrected chi connectivity index (χ3v) is 2.60. The molecule has 0 unspecified atom stereocenters. The number of amides is 2. The van der Waals surface area contributed by atoms with E-state index in [1.54, 1.807) is 12.1 Å². The normalized spacial score (nSPS) is 14.1. The third kappa shape index (κ3) is 1.60. The van der Waals surface area contributed by atoms with Gasteiger partial charge in [-0.3, -0.25) is 9.59 Å². The molecule has 0 spiro atoms. The van der Waals surface area contributed by atoms with Gasteiger partial charge < -0.3 is 10.8 Å². The number of carbonyl (C=O) groups is 2. The number of fused-ring (bicyclic) bond motifs is 1. The van der Waals surface area contributed by atoms with E-state index in [1.165, 1.54) is 0 Å². The Hall–Kier alpha value is -1.72. The van der Waals surface area contributed by atoms with Crippen LogP contribution >= 0.6 is 0 Å². The molecule has 16 heavy (non-hydrogen) atoms. The summed E-state index contributed by atoms with van der Waals surface area (Å²) >= 11 is 0. The van der Waals surface area contributed by atoms with Crippen LogP contribution in [0.1, 0.15) is 11.1 Å². The number of benzene rings is 1. The summed E-state index contributed by atoms with van der Waals surface area (Å²) in [6.45, 7) is -0.265. The van der Waals surface area contributed by atoms with Gasteiger partial charge in [-0.15, -0.1) is 0 Å². The Kier molecular flexibility index (Phi) is 2.72. The maximum atomic E-state index is 11.6. The monoisotopic (exact) mass is 220 g/mol. The number of nitrogens with zero attached hydrogens (tertiary/aromatic N) is 1. The molecule has 84 valence electrons. The average molecular weight is 220 g/mol. The van der Waals surface area contributed by atoms with Crippen molar-refractivity contribution < 1.29 is 14.7 Å². The number of aliphatic hydroxyl groups is 1. The lowest BCUT2D eigenvalue weighted by Crippen LogP contribution is -2.35. The molecule has 0 saturated carbocycles. The minimum Gasteiger partial charge on any atom is -0.387 e. The van der Waals surface area contributed by atoms with Gasteiger partial charge in [0, 0.05) is 6.54 Å². The molecular formula is C11H12N2O3. The molecule has 1 aromatic rings. The van der Waals surface area contributed by atoms with Gasteiger partial charge in [0.05, 0.1) is 12.1 Å². The maximum absolute atomic E-state index is 11.6.